The third-order valence-electron chi connectivity index (χ3n) is 3.93. The van der Waals surface area contributed by atoms with Gasteiger partial charge in [-0.05, 0) is 44.0 Å². The van der Waals surface area contributed by atoms with Crippen LogP contribution in [0.1, 0.15) is 31.4 Å². The van der Waals surface area contributed by atoms with E-state index in [1.165, 1.54) is 0 Å². The topological polar surface area (TPSA) is 32.3 Å². The van der Waals surface area contributed by atoms with E-state index in [1.807, 2.05) is 36.2 Å². The van der Waals surface area contributed by atoms with Crippen molar-refractivity contribution in [3.8, 4) is 0 Å². The van der Waals surface area contributed by atoms with E-state index in [0.29, 0.717) is 0 Å². The Morgan fingerprint density at radius 2 is 2.05 bits per heavy atom. The molecule has 1 fully saturated rings. The highest BCUT2D eigenvalue weighted by atomic mass is 35.5. The smallest absolute Gasteiger partial charge is 0.227 e. The Morgan fingerprint density at radius 3 is 2.60 bits per heavy atom. The van der Waals surface area contributed by atoms with E-state index < -0.39 is 0 Å². The summed E-state index contributed by atoms with van der Waals surface area (Å²) in [4.78, 5) is 14.3. The van der Waals surface area contributed by atoms with Gasteiger partial charge in [-0.3, -0.25) is 4.79 Å². The summed E-state index contributed by atoms with van der Waals surface area (Å²) in [5.74, 6) is 0.350. The largest absolute Gasteiger partial charge is 0.339 e. The fourth-order valence-electron chi connectivity index (χ4n) is 2.51. The van der Waals surface area contributed by atoms with Crippen LogP contribution in [0.25, 0.3) is 0 Å². The van der Waals surface area contributed by atoms with Crippen molar-refractivity contribution in [2.24, 2.45) is 5.92 Å². The zero-order valence-corrected chi connectivity index (χ0v) is 13.5. The van der Waals surface area contributed by atoms with Crippen molar-refractivity contribution in [2.45, 2.75) is 25.8 Å². The zero-order chi connectivity index (χ0) is 13.8. The summed E-state index contributed by atoms with van der Waals surface area (Å²) in [6.45, 7) is 3.88. The molecular weight excluding hydrogens is 295 g/mol. The molecule has 0 bridgehead atoms. The average Bonchev–Trinajstić information content (AvgIpc) is 2.46. The maximum atomic E-state index is 12.4. The van der Waals surface area contributed by atoms with Gasteiger partial charge in [-0.1, -0.05) is 23.7 Å². The first-order chi connectivity index (χ1) is 9.09. The first-order valence-electron chi connectivity index (χ1n) is 6.82. The third kappa shape index (κ3) is 4.11. The summed E-state index contributed by atoms with van der Waals surface area (Å²) in [5, 5.41) is 4.02. The van der Waals surface area contributed by atoms with E-state index in [-0.39, 0.29) is 30.3 Å². The van der Waals surface area contributed by atoms with Gasteiger partial charge in [0.05, 0.1) is 12.0 Å². The van der Waals surface area contributed by atoms with Crippen LogP contribution in [0.4, 0.5) is 0 Å². The van der Waals surface area contributed by atoms with E-state index in [2.05, 4.69) is 12.2 Å². The SMILES string of the molecule is CC(c1ccc(Cl)cc1)N(C)C(=O)C1CCCNC1.Cl. The van der Waals surface area contributed by atoms with Gasteiger partial charge in [-0.2, -0.15) is 0 Å². The standard InChI is InChI=1S/C15H21ClN2O.ClH/c1-11(12-5-7-14(16)8-6-12)18(2)15(19)13-4-3-9-17-10-13;/h5-8,11,13,17H,3-4,9-10H2,1-2H3;1H. The summed E-state index contributed by atoms with van der Waals surface area (Å²) in [6.07, 6.45) is 2.07. The number of hydrogen-bond acceptors (Lipinski definition) is 2. The molecule has 1 aromatic carbocycles. The van der Waals surface area contributed by atoms with Crippen molar-refractivity contribution in [1.29, 1.82) is 0 Å². The second-order valence-electron chi connectivity index (χ2n) is 5.22. The van der Waals surface area contributed by atoms with E-state index in [4.69, 9.17) is 11.6 Å². The molecule has 0 saturated carbocycles. The predicted molar refractivity (Wildman–Crippen MR) is 85.5 cm³/mol. The number of hydrogen-bond donors (Lipinski definition) is 1. The molecule has 1 saturated heterocycles. The van der Waals surface area contributed by atoms with Crippen molar-refractivity contribution in [3.63, 3.8) is 0 Å². The Balaban J connectivity index is 0.00000200. The molecule has 1 aromatic rings. The van der Waals surface area contributed by atoms with Crippen LogP contribution in [0.3, 0.4) is 0 Å². The number of benzene rings is 1. The zero-order valence-electron chi connectivity index (χ0n) is 11.9. The Labute approximate surface area is 132 Å². The summed E-state index contributed by atoms with van der Waals surface area (Å²) in [6, 6.07) is 7.78. The average molecular weight is 317 g/mol. The number of piperidine rings is 1. The van der Waals surface area contributed by atoms with Crippen LogP contribution < -0.4 is 5.32 Å². The molecule has 0 radical (unpaired) electrons. The van der Waals surface area contributed by atoms with Crippen LogP contribution >= 0.6 is 24.0 Å². The maximum absolute atomic E-state index is 12.4. The number of amides is 1. The molecule has 0 aliphatic carbocycles. The van der Waals surface area contributed by atoms with Crippen molar-refractivity contribution in [2.75, 3.05) is 20.1 Å². The Kier molecular flexibility index (Phi) is 6.80. The van der Waals surface area contributed by atoms with Gasteiger partial charge in [0.25, 0.3) is 0 Å². The first-order valence-corrected chi connectivity index (χ1v) is 7.20. The normalized spacial score (nSPS) is 19.9. The quantitative estimate of drug-likeness (QED) is 0.928. The van der Waals surface area contributed by atoms with E-state index in [9.17, 15) is 4.79 Å². The lowest BCUT2D eigenvalue weighted by Crippen LogP contribution is -2.42. The fourth-order valence-corrected chi connectivity index (χ4v) is 2.63. The Hall–Kier alpha value is -0.770. The van der Waals surface area contributed by atoms with E-state index in [1.54, 1.807) is 0 Å². The molecule has 0 aromatic heterocycles. The fraction of sp³-hybridized carbons (Fsp3) is 0.533. The minimum atomic E-state index is 0. The molecule has 1 amide bonds. The lowest BCUT2D eigenvalue weighted by Gasteiger charge is -2.31. The van der Waals surface area contributed by atoms with Gasteiger partial charge >= 0.3 is 0 Å². The summed E-state index contributed by atoms with van der Waals surface area (Å²) < 4.78 is 0. The molecule has 1 aliphatic heterocycles. The third-order valence-corrected chi connectivity index (χ3v) is 4.18. The molecule has 5 heteroatoms. The molecule has 112 valence electrons. The second-order valence-corrected chi connectivity index (χ2v) is 5.66. The maximum Gasteiger partial charge on any atom is 0.227 e. The number of halogens is 2. The molecule has 2 atom stereocenters. The molecule has 1 heterocycles. The lowest BCUT2D eigenvalue weighted by atomic mass is 9.97. The summed E-state index contributed by atoms with van der Waals surface area (Å²) in [5.41, 5.74) is 1.11. The molecule has 2 rings (SSSR count). The molecule has 3 nitrogen and oxygen atoms in total. The molecule has 1 aliphatic rings. The van der Waals surface area contributed by atoms with E-state index in [0.717, 1.165) is 36.5 Å². The van der Waals surface area contributed by atoms with Crippen LogP contribution in [-0.2, 0) is 4.79 Å². The predicted octanol–water partition coefficient (Wildman–Crippen LogP) is 3.28. The van der Waals surface area contributed by atoms with Crippen LogP contribution in [0.2, 0.25) is 5.02 Å². The van der Waals surface area contributed by atoms with Crippen LogP contribution in [0.5, 0.6) is 0 Å². The molecule has 20 heavy (non-hydrogen) atoms. The van der Waals surface area contributed by atoms with Crippen LogP contribution in [0.15, 0.2) is 24.3 Å². The van der Waals surface area contributed by atoms with Crippen molar-refractivity contribution in [3.05, 3.63) is 34.9 Å². The molecule has 2 unspecified atom stereocenters. The van der Waals surface area contributed by atoms with Gasteiger partial charge in [0, 0.05) is 18.6 Å². The second kappa shape index (κ2) is 7.87. The van der Waals surface area contributed by atoms with Gasteiger partial charge in [0.2, 0.25) is 5.91 Å². The van der Waals surface area contributed by atoms with Gasteiger partial charge in [0.15, 0.2) is 0 Å². The van der Waals surface area contributed by atoms with Crippen molar-refractivity contribution >= 4 is 29.9 Å². The van der Waals surface area contributed by atoms with Gasteiger partial charge in [-0.15, -0.1) is 12.4 Å². The summed E-state index contributed by atoms with van der Waals surface area (Å²) in [7, 11) is 1.89. The Morgan fingerprint density at radius 1 is 1.40 bits per heavy atom. The van der Waals surface area contributed by atoms with Gasteiger partial charge in [-0.25, -0.2) is 0 Å². The number of rotatable bonds is 3. The number of carbonyl (C=O) groups excluding carboxylic acids is 1. The summed E-state index contributed by atoms with van der Waals surface area (Å²) >= 11 is 5.89. The van der Waals surface area contributed by atoms with E-state index >= 15 is 0 Å². The minimum Gasteiger partial charge on any atom is -0.339 e. The van der Waals surface area contributed by atoms with Gasteiger partial charge < -0.3 is 10.2 Å². The van der Waals surface area contributed by atoms with Crippen LogP contribution in [0, 0.1) is 5.92 Å². The molecular formula is C15H22Cl2N2O. The minimum absolute atomic E-state index is 0. The highest BCUT2D eigenvalue weighted by Gasteiger charge is 2.26. The number of carbonyl (C=O) groups is 1. The highest BCUT2D eigenvalue weighted by Crippen LogP contribution is 2.23. The number of nitrogens with one attached hydrogen (secondary N) is 1. The highest BCUT2D eigenvalue weighted by molar-refractivity contribution is 6.30. The Bertz CT molecular complexity index is 430. The molecule has 1 N–H and O–H groups in total. The lowest BCUT2D eigenvalue weighted by molar-refractivity contribution is -0.136. The van der Waals surface area contributed by atoms with Crippen molar-refractivity contribution in [1.82, 2.24) is 10.2 Å². The monoisotopic (exact) mass is 316 g/mol. The number of nitrogens with zero attached hydrogens (tertiary/aromatic N) is 1. The van der Waals surface area contributed by atoms with Crippen molar-refractivity contribution < 1.29 is 4.79 Å². The van der Waals surface area contributed by atoms with Gasteiger partial charge in [0.1, 0.15) is 0 Å². The first kappa shape index (κ1) is 17.3. The molecule has 0 spiro atoms. The van der Waals surface area contributed by atoms with Crippen LogP contribution in [-0.4, -0.2) is 30.9 Å².